The fourth-order valence-electron chi connectivity index (χ4n) is 0.795. The zero-order valence-corrected chi connectivity index (χ0v) is 8.17. The third-order valence-corrected chi connectivity index (χ3v) is 1.58. The summed E-state index contributed by atoms with van der Waals surface area (Å²) in [5, 5.41) is 0. The number of rotatable bonds is 5. The van der Waals surface area contributed by atoms with Crippen molar-refractivity contribution < 1.29 is 9.53 Å². The van der Waals surface area contributed by atoms with Gasteiger partial charge in [-0.15, -0.1) is 0 Å². The second kappa shape index (κ2) is 5.81. The number of ether oxygens (including phenoxy) is 1. The first-order chi connectivity index (χ1) is 5.61. The molecule has 2 heteroatoms. The quantitative estimate of drug-likeness (QED) is 0.468. The third-order valence-electron chi connectivity index (χ3n) is 1.58. The molecule has 0 radical (unpaired) electrons. The predicted molar refractivity (Wildman–Crippen MR) is 49.8 cm³/mol. The Morgan fingerprint density at radius 3 is 2.50 bits per heavy atom. The first-order valence-electron chi connectivity index (χ1n) is 4.44. The van der Waals surface area contributed by atoms with Gasteiger partial charge in [-0.25, -0.2) is 0 Å². The molecule has 0 fully saturated rings. The zero-order valence-electron chi connectivity index (χ0n) is 8.17. The van der Waals surface area contributed by atoms with Gasteiger partial charge in [0.15, 0.2) is 0 Å². The zero-order chi connectivity index (χ0) is 9.56. The fraction of sp³-hybridized carbons (Fsp3) is 0.700. The highest BCUT2D eigenvalue weighted by molar-refractivity contribution is 5.71. The minimum absolute atomic E-state index is 0.0516. The molecule has 0 N–H and O–H groups in total. The molecule has 0 spiro atoms. The van der Waals surface area contributed by atoms with Crippen LogP contribution in [0.15, 0.2) is 12.7 Å². The van der Waals surface area contributed by atoms with Crippen molar-refractivity contribution in [1.82, 2.24) is 0 Å². The fourth-order valence-corrected chi connectivity index (χ4v) is 0.795. The van der Waals surface area contributed by atoms with Gasteiger partial charge in [-0.1, -0.05) is 39.8 Å². The Kier molecular flexibility index (Phi) is 5.43. The van der Waals surface area contributed by atoms with Crippen LogP contribution in [0.25, 0.3) is 0 Å². The molecule has 2 nitrogen and oxygen atoms in total. The maximum atomic E-state index is 11.1. The summed E-state index contributed by atoms with van der Waals surface area (Å²) in [6.45, 7) is 9.33. The van der Waals surface area contributed by atoms with E-state index in [4.69, 9.17) is 4.74 Å². The van der Waals surface area contributed by atoms with Crippen LogP contribution in [0.2, 0.25) is 0 Å². The van der Waals surface area contributed by atoms with Crippen molar-refractivity contribution in [2.45, 2.75) is 39.7 Å². The largest absolute Gasteiger partial charge is 0.458 e. The topological polar surface area (TPSA) is 26.3 Å². The van der Waals surface area contributed by atoms with E-state index in [1.807, 2.05) is 13.8 Å². The number of esters is 1. The van der Waals surface area contributed by atoms with Crippen LogP contribution in [0.5, 0.6) is 0 Å². The lowest BCUT2D eigenvalue weighted by molar-refractivity contribution is -0.150. The van der Waals surface area contributed by atoms with Crippen molar-refractivity contribution in [3.05, 3.63) is 12.7 Å². The van der Waals surface area contributed by atoms with E-state index < -0.39 is 0 Å². The van der Waals surface area contributed by atoms with Crippen LogP contribution in [0.4, 0.5) is 0 Å². The second-order valence-electron chi connectivity index (χ2n) is 3.15. The molecule has 0 saturated carbocycles. The molecule has 0 aliphatic heterocycles. The Bertz CT molecular complexity index is 150. The molecule has 0 aliphatic rings. The first kappa shape index (κ1) is 11.2. The van der Waals surface area contributed by atoms with E-state index in [2.05, 4.69) is 13.5 Å². The van der Waals surface area contributed by atoms with Crippen molar-refractivity contribution in [2.75, 3.05) is 0 Å². The molecule has 0 aliphatic carbocycles. The van der Waals surface area contributed by atoms with Gasteiger partial charge in [-0.2, -0.15) is 0 Å². The van der Waals surface area contributed by atoms with E-state index in [1.165, 1.54) is 0 Å². The minimum Gasteiger partial charge on any atom is -0.458 e. The lowest BCUT2D eigenvalue weighted by Crippen LogP contribution is -2.19. The van der Waals surface area contributed by atoms with Gasteiger partial charge >= 0.3 is 5.97 Å². The SMILES string of the molecule is C=C[C@@H](CCC)OC(=O)C(C)C. The van der Waals surface area contributed by atoms with Gasteiger partial charge in [0, 0.05) is 0 Å². The van der Waals surface area contributed by atoms with E-state index in [1.54, 1.807) is 6.08 Å². The van der Waals surface area contributed by atoms with E-state index in [9.17, 15) is 4.79 Å². The molecule has 0 aromatic carbocycles. The van der Waals surface area contributed by atoms with Crippen LogP contribution in [0, 0.1) is 5.92 Å². The van der Waals surface area contributed by atoms with Crippen molar-refractivity contribution in [1.29, 1.82) is 0 Å². The van der Waals surface area contributed by atoms with Crippen LogP contribution in [-0.2, 0) is 9.53 Å². The van der Waals surface area contributed by atoms with Gasteiger partial charge in [-0.05, 0) is 6.42 Å². The van der Waals surface area contributed by atoms with E-state index in [0.717, 1.165) is 12.8 Å². The maximum Gasteiger partial charge on any atom is 0.308 e. The van der Waals surface area contributed by atoms with Crippen LogP contribution >= 0.6 is 0 Å². The number of carbonyl (C=O) groups excluding carboxylic acids is 1. The minimum atomic E-state index is -0.145. The van der Waals surface area contributed by atoms with Crippen molar-refractivity contribution in [2.24, 2.45) is 5.92 Å². The normalized spacial score (nSPS) is 12.7. The lowest BCUT2D eigenvalue weighted by Gasteiger charge is -2.14. The van der Waals surface area contributed by atoms with Gasteiger partial charge in [0.2, 0.25) is 0 Å². The van der Waals surface area contributed by atoms with Crippen molar-refractivity contribution in [3.8, 4) is 0 Å². The molecular weight excluding hydrogens is 152 g/mol. The highest BCUT2D eigenvalue weighted by Crippen LogP contribution is 2.06. The van der Waals surface area contributed by atoms with Crippen LogP contribution in [0.3, 0.4) is 0 Å². The molecule has 0 bridgehead atoms. The molecule has 12 heavy (non-hydrogen) atoms. The summed E-state index contributed by atoms with van der Waals surface area (Å²) in [7, 11) is 0. The number of carbonyl (C=O) groups is 1. The standard InChI is InChI=1S/C10H18O2/c1-5-7-9(6-2)12-10(11)8(3)4/h6,8-9H,2,5,7H2,1,3-4H3/t9-/m0/s1. The molecule has 0 aromatic rings. The summed E-state index contributed by atoms with van der Waals surface area (Å²) in [5.41, 5.74) is 0. The van der Waals surface area contributed by atoms with E-state index in [-0.39, 0.29) is 18.0 Å². The van der Waals surface area contributed by atoms with Crippen molar-refractivity contribution in [3.63, 3.8) is 0 Å². The Balaban J connectivity index is 3.85. The lowest BCUT2D eigenvalue weighted by atomic mass is 10.2. The molecule has 0 saturated heterocycles. The predicted octanol–water partition coefficient (Wildman–Crippen LogP) is 2.54. The summed E-state index contributed by atoms with van der Waals surface area (Å²) < 4.78 is 5.14. The summed E-state index contributed by atoms with van der Waals surface area (Å²) in [6.07, 6.45) is 3.44. The molecule has 1 atom stereocenters. The summed E-state index contributed by atoms with van der Waals surface area (Å²) >= 11 is 0. The average molecular weight is 170 g/mol. The molecule has 0 aromatic heterocycles. The highest BCUT2D eigenvalue weighted by Gasteiger charge is 2.12. The molecule has 0 heterocycles. The molecule has 0 amide bonds. The molecule has 70 valence electrons. The van der Waals surface area contributed by atoms with Gasteiger partial charge < -0.3 is 4.74 Å². The van der Waals surface area contributed by atoms with Crippen LogP contribution in [0.1, 0.15) is 33.6 Å². The Hall–Kier alpha value is -0.790. The van der Waals surface area contributed by atoms with Gasteiger partial charge in [0.05, 0.1) is 5.92 Å². The van der Waals surface area contributed by atoms with Gasteiger partial charge in [0.25, 0.3) is 0 Å². The van der Waals surface area contributed by atoms with Gasteiger partial charge in [-0.3, -0.25) is 4.79 Å². The van der Waals surface area contributed by atoms with Crippen molar-refractivity contribution >= 4 is 5.97 Å². The number of hydrogen-bond donors (Lipinski definition) is 0. The Morgan fingerprint density at radius 2 is 2.17 bits per heavy atom. The summed E-state index contributed by atoms with van der Waals surface area (Å²) in [5.74, 6) is -0.197. The maximum absolute atomic E-state index is 11.1. The van der Waals surface area contributed by atoms with E-state index in [0.29, 0.717) is 0 Å². The summed E-state index contributed by atoms with van der Waals surface area (Å²) in [4.78, 5) is 11.1. The number of hydrogen-bond acceptors (Lipinski definition) is 2. The summed E-state index contributed by atoms with van der Waals surface area (Å²) in [6, 6.07) is 0. The molecule has 0 rings (SSSR count). The second-order valence-corrected chi connectivity index (χ2v) is 3.15. The average Bonchev–Trinajstić information content (AvgIpc) is 2.03. The smallest absolute Gasteiger partial charge is 0.308 e. The highest BCUT2D eigenvalue weighted by atomic mass is 16.5. The van der Waals surface area contributed by atoms with Gasteiger partial charge in [0.1, 0.15) is 6.10 Å². The molecular formula is C10H18O2. The molecule has 0 unspecified atom stereocenters. The Morgan fingerprint density at radius 1 is 1.58 bits per heavy atom. The monoisotopic (exact) mass is 170 g/mol. The first-order valence-corrected chi connectivity index (χ1v) is 4.44. The van der Waals surface area contributed by atoms with E-state index >= 15 is 0 Å². The van der Waals surface area contributed by atoms with Crippen LogP contribution < -0.4 is 0 Å². The third kappa shape index (κ3) is 4.16. The Labute approximate surface area is 74.6 Å². The van der Waals surface area contributed by atoms with Crippen LogP contribution in [-0.4, -0.2) is 12.1 Å².